The standard InChI is InChI=1S/C24H25NO3/c1-17-12-14-20(15-13-17)23(19-8-5-4-6-9-19)25-24(26)18(2)28-22-11-7-10-21(16-22)27-3/h4-16,18,23H,1-3H3,(H,25,26)/t18-,23+/m0/s1. The van der Waals surface area contributed by atoms with Crippen molar-refractivity contribution < 1.29 is 14.3 Å². The highest BCUT2D eigenvalue weighted by Gasteiger charge is 2.21. The summed E-state index contributed by atoms with van der Waals surface area (Å²) in [5.41, 5.74) is 3.23. The number of aryl methyl sites for hydroxylation is 1. The van der Waals surface area contributed by atoms with Gasteiger partial charge in [0.1, 0.15) is 11.5 Å². The lowest BCUT2D eigenvalue weighted by Gasteiger charge is -2.23. The van der Waals surface area contributed by atoms with E-state index < -0.39 is 6.10 Å². The van der Waals surface area contributed by atoms with Gasteiger partial charge in [-0.3, -0.25) is 4.79 Å². The number of methoxy groups -OCH3 is 1. The molecule has 4 nitrogen and oxygen atoms in total. The van der Waals surface area contributed by atoms with Crippen LogP contribution < -0.4 is 14.8 Å². The summed E-state index contributed by atoms with van der Waals surface area (Å²) in [7, 11) is 1.60. The topological polar surface area (TPSA) is 47.6 Å². The summed E-state index contributed by atoms with van der Waals surface area (Å²) in [6, 6.07) is 25.1. The van der Waals surface area contributed by atoms with Crippen LogP contribution in [0, 0.1) is 6.92 Å². The Hall–Kier alpha value is -3.27. The number of hydrogen-bond acceptors (Lipinski definition) is 3. The van der Waals surface area contributed by atoms with Crippen LogP contribution >= 0.6 is 0 Å². The van der Waals surface area contributed by atoms with Crippen LogP contribution in [-0.4, -0.2) is 19.1 Å². The van der Waals surface area contributed by atoms with E-state index in [1.165, 1.54) is 5.56 Å². The zero-order valence-electron chi connectivity index (χ0n) is 16.4. The molecule has 0 aromatic heterocycles. The molecule has 3 rings (SSSR count). The molecule has 3 aromatic carbocycles. The summed E-state index contributed by atoms with van der Waals surface area (Å²) in [6.07, 6.45) is -0.649. The first-order chi connectivity index (χ1) is 13.6. The fourth-order valence-corrected chi connectivity index (χ4v) is 2.96. The third-order valence-electron chi connectivity index (χ3n) is 4.55. The van der Waals surface area contributed by atoms with Crippen LogP contribution in [0.3, 0.4) is 0 Å². The summed E-state index contributed by atoms with van der Waals surface area (Å²) in [5.74, 6) is 1.10. The molecule has 28 heavy (non-hydrogen) atoms. The molecule has 0 aliphatic heterocycles. The number of carbonyl (C=O) groups is 1. The zero-order chi connectivity index (χ0) is 19.9. The van der Waals surface area contributed by atoms with Crippen molar-refractivity contribution >= 4 is 5.91 Å². The average Bonchev–Trinajstić information content (AvgIpc) is 2.73. The van der Waals surface area contributed by atoms with Crippen molar-refractivity contribution in [2.75, 3.05) is 7.11 Å². The quantitative estimate of drug-likeness (QED) is 0.652. The minimum atomic E-state index is -0.649. The molecule has 0 unspecified atom stereocenters. The van der Waals surface area contributed by atoms with Gasteiger partial charge in [0, 0.05) is 6.07 Å². The molecule has 0 heterocycles. The monoisotopic (exact) mass is 375 g/mol. The van der Waals surface area contributed by atoms with E-state index in [0.29, 0.717) is 11.5 Å². The third-order valence-corrected chi connectivity index (χ3v) is 4.55. The van der Waals surface area contributed by atoms with Crippen LogP contribution in [0.25, 0.3) is 0 Å². The van der Waals surface area contributed by atoms with Crippen molar-refractivity contribution in [3.8, 4) is 11.5 Å². The Bertz CT molecular complexity index is 907. The Labute approximate surface area is 166 Å². The van der Waals surface area contributed by atoms with Crippen LogP contribution in [0.1, 0.15) is 29.7 Å². The maximum Gasteiger partial charge on any atom is 0.261 e. The highest BCUT2D eigenvalue weighted by Crippen LogP contribution is 2.24. The van der Waals surface area contributed by atoms with E-state index in [1.54, 1.807) is 26.2 Å². The molecule has 3 aromatic rings. The van der Waals surface area contributed by atoms with Gasteiger partial charge in [-0.15, -0.1) is 0 Å². The van der Waals surface area contributed by atoms with Crippen LogP contribution in [-0.2, 0) is 4.79 Å². The van der Waals surface area contributed by atoms with E-state index in [2.05, 4.69) is 5.32 Å². The average molecular weight is 375 g/mol. The molecular weight excluding hydrogens is 350 g/mol. The molecule has 0 spiro atoms. The first-order valence-corrected chi connectivity index (χ1v) is 9.29. The van der Waals surface area contributed by atoms with Gasteiger partial charge in [0.2, 0.25) is 0 Å². The van der Waals surface area contributed by atoms with E-state index in [9.17, 15) is 4.79 Å². The lowest BCUT2D eigenvalue weighted by molar-refractivity contribution is -0.127. The van der Waals surface area contributed by atoms with Gasteiger partial charge in [-0.25, -0.2) is 0 Å². The molecule has 0 saturated carbocycles. The van der Waals surface area contributed by atoms with Crippen molar-refractivity contribution in [2.45, 2.75) is 26.0 Å². The van der Waals surface area contributed by atoms with Gasteiger partial charge < -0.3 is 14.8 Å². The molecule has 2 atom stereocenters. The molecule has 1 N–H and O–H groups in total. The second kappa shape index (κ2) is 9.09. The Morgan fingerprint density at radius 1 is 0.857 bits per heavy atom. The van der Waals surface area contributed by atoms with Crippen molar-refractivity contribution in [1.29, 1.82) is 0 Å². The van der Waals surface area contributed by atoms with Crippen LogP contribution in [0.15, 0.2) is 78.9 Å². The second-order valence-electron chi connectivity index (χ2n) is 6.70. The number of benzene rings is 3. The van der Waals surface area contributed by atoms with E-state index in [0.717, 1.165) is 11.1 Å². The molecule has 4 heteroatoms. The molecule has 144 valence electrons. The Balaban J connectivity index is 1.77. The molecular formula is C24H25NO3. The number of amides is 1. The van der Waals surface area contributed by atoms with Gasteiger partial charge in [-0.05, 0) is 37.1 Å². The predicted octanol–water partition coefficient (Wildman–Crippen LogP) is 4.68. The van der Waals surface area contributed by atoms with Gasteiger partial charge in [0.05, 0.1) is 13.2 Å². The van der Waals surface area contributed by atoms with E-state index in [1.807, 2.05) is 73.7 Å². The lowest BCUT2D eigenvalue weighted by atomic mass is 9.97. The molecule has 0 aliphatic carbocycles. The summed E-state index contributed by atoms with van der Waals surface area (Å²) in [6.45, 7) is 3.79. The minimum absolute atomic E-state index is 0.183. The summed E-state index contributed by atoms with van der Waals surface area (Å²) in [4.78, 5) is 12.9. The summed E-state index contributed by atoms with van der Waals surface area (Å²) < 4.78 is 11.0. The van der Waals surface area contributed by atoms with Gasteiger partial charge in [0.15, 0.2) is 6.10 Å². The van der Waals surface area contributed by atoms with E-state index >= 15 is 0 Å². The fraction of sp³-hybridized carbons (Fsp3) is 0.208. The fourth-order valence-electron chi connectivity index (χ4n) is 2.96. The maximum absolute atomic E-state index is 12.9. The second-order valence-corrected chi connectivity index (χ2v) is 6.70. The van der Waals surface area contributed by atoms with Gasteiger partial charge in [0.25, 0.3) is 5.91 Å². The lowest BCUT2D eigenvalue weighted by Crippen LogP contribution is -2.39. The van der Waals surface area contributed by atoms with Crippen molar-refractivity contribution in [3.05, 3.63) is 95.6 Å². The van der Waals surface area contributed by atoms with Gasteiger partial charge in [-0.2, -0.15) is 0 Å². The summed E-state index contributed by atoms with van der Waals surface area (Å²) >= 11 is 0. The van der Waals surface area contributed by atoms with E-state index in [4.69, 9.17) is 9.47 Å². The highest BCUT2D eigenvalue weighted by molar-refractivity contribution is 5.81. The van der Waals surface area contributed by atoms with E-state index in [-0.39, 0.29) is 11.9 Å². The number of nitrogens with one attached hydrogen (secondary N) is 1. The van der Waals surface area contributed by atoms with Crippen LogP contribution in [0.2, 0.25) is 0 Å². The zero-order valence-corrected chi connectivity index (χ0v) is 16.4. The number of rotatable bonds is 7. The molecule has 0 saturated heterocycles. The number of hydrogen-bond donors (Lipinski definition) is 1. The van der Waals surface area contributed by atoms with Crippen molar-refractivity contribution in [1.82, 2.24) is 5.32 Å². The molecule has 0 bridgehead atoms. The Morgan fingerprint density at radius 2 is 1.50 bits per heavy atom. The SMILES string of the molecule is COc1cccc(O[C@@H](C)C(=O)N[C@H](c2ccccc2)c2ccc(C)cc2)c1. The first kappa shape index (κ1) is 19.5. The van der Waals surface area contributed by atoms with Crippen LogP contribution in [0.5, 0.6) is 11.5 Å². The van der Waals surface area contributed by atoms with Crippen LogP contribution in [0.4, 0.5) is 0 Å². The molecule has 0 aliphatic rings. The molecule has 1 amide bonds. The normalized spacial score (nSPS) is 12.7. The molecule has 0 radical (unpaired) electrons. The maximum atomic E-state index is 12.9. The predicted molar refractivity (Wildman–Crippen MR) is 111 cm³/mol. The van der Waals surface area contributed by atoms with Gasteiger partial charge in [-0.1, -0.05) is 66.2 Å². The van der Waals surface area contributed by atoms with Gasteiger partial charge >= 0.3 is 0 Å². The largest absolute Gasteiger partial charge is 0.497 e. The van der Waals surface area contributed by atoms with Crippen molar-refractivity contribution in [3.63, 3.8) is 0 Å². The first-order valence-electron chi connectivity index (χ1n) is 9.29. The Kier molecular flexibility index (Phi) is 6.33. The van der Waals surface area contributed by atoms with Crippen molar-refractivity contribution in [2.24, 2.45) is 0 Å². The smallest absolute Gasteiger partial charge is 0.261 e. The minimum Gasteiger partial charge on any atom is -0.497 e. The highest BCUT2D eigenvalue weighted by atomic mass is 16.5. The number of carbonyl (C=O) groups excluding carboxylic acids is 1. The number of ether oxygens (including phenoxy) is 2. The molecule has 0 fully saturated rings. The Morgan fingerprint density at radius 3 is 2.18 bits per heavy atom. The summed E-state index contributed by atoms with van der Waals surface area (Å²) in [5, 5.41) is 3.12. The third kappa shape index (κ3) is 4.92.